The first-order valence-corrected chi connectivity index (χ1v) is 7.91. The predicted molar refractivity (Wildman–Crippen MR) is 82.1 cm³/mol. The molecule has 0 aliphatic heterocycles. The van der Waals surface area contributed by atoms with Crippen LogP contribution in [0.3, 0.4) is 0 Å². The van der Waals surface area contributed by atoms with E-state index in [9.17, 15) is 19.5 Å². The number of urea groups is 1. The largest absolute Gasteiger partial charge is 0.481 e. The summed E-state index contributed by atoms with van der Waals surface area (Å²) in [6.45, 7) is 3.72. The molecule has 22 heavy (non-hydrogen) atoms. The Balaban J connectivity index is 2.41. The van der Waals surface area contributed by atoms with Gasteiger partial charge in [0.05, 0.1) is 5.41 Å². The summed E-state index contributed by atoms with van der Waals surface area (Å²) >= 11 is 0. The monoisotopic (exact) mass is 313 g/mol. The molecule has 1 saturated carbocycles. The lowest BCUT2D eigenvalue weighted by Gasteiger charge is -2.29. The molecule has 126 valence electrons. The number of primary amides is 1. The van der Waals surface area contributed by atoms with Crippen LogP contribution in [0.2, 0.25) is 0 Å². The molecule has 0 unspecified atom stereocenters. The van der Waals surface area contributed by atoms with E-state index in [0.29, 0.717) is 38.5 Å². The van der Waals surface area contributed by atoms with E-state index in [1.54, 1.807) is 0 Å². The molecule has 0 heterocycles. The molecule has 0 radical (unpaired) electrons. The molecule has 0 aromatic heterocycles. The summed E-state index contributed by atoms with van der Waals surface area (Å²) < 4.78 is 0. The molecule has 7 heteroatoms. The molecule has 0 saturated heterocycles. The van der Waals surface area contributed by atoms with Crippen LogP contribution >= 0.6 is 0 Å². The number of hydrogen-bond donors (Lipinski definition) is 4. The minimum atomic E-state index is -0.916. The number of carboxylic acids is 1. The van der Waals surface area contributed by atoms with Crippen molar-refractivity contribution < 1.29 is 19.5 Å². The smallest absolute Gasteiger partial charge is 0.315 e. The number of hydrogen-bond acceptors (Lipinski definition) is 3. The topological polar surface area (TPSA) is 122 Å². The van der Waals surface area contributed by atoms with Gasteiger partial charge in [0, 0.05) is 18.5 Å². The second kappa shape index (κ2) is 8.00. The van der Waals surface area contributed by atoms with Crippen molar-refractivity contribution in [2.75, 3.05) is 6.54 Å². The number of aliphatic carboxylic acids is 1. The van der Waals surface area contributed by atoms with Crippen molar-refractivity contribution in [3.63, 3.8) is 0 Å². The number of amides is 3. The Morgan fingerprint density at radius 3 is 2.09 bits per heavy atom. The second-order valence-electron chi connectivity index (χ2n) is 6.07. The summed E-state index contributed by atoms with van der Waals surface area (Å²) in [5, 5.41) is 14.8. The van der Waals surface area contributed by atoms with Crippen LogP contribution in [0.1, 0.15) is 52.4 Å². The number of nitrogens with two attached hydrogens (primary N) is 1. The molecule has 0 aromatic carbocycles. The van der Waals surface area contributed by atoms with Crippen molar-refractivity contribution >= 4 is 17.9 Å². The van der Waals surface area contributed by atoms with Crippen molar-refractivity contribution in [3.8, 4) is 0 Å². The second-order valence-corrected chi connectivity index (χ2v) is 6.07. The maximum atomic E-state index is 11.9. The third-order valence-electron chi connectivity index (χ3n) is 4.86. The standard InChI is InChI=1S/C15H27N3O4/c1-3-15(4-2,13(20)21)9-17-14(22)18-11-7-5-10(6-8-11)12(16)19/h10-11H,3-9H2,1-2H3,(H2,16,19)(H,20,21)(H2,17,18,22). The molecular formula is C15H27N3O4. The normalized spacial score (nSPS) is 21.9. The van der Waals surface area contributed by atoms with Crippen molar-refractivity contribution in [1.82, 2.24) is 10.6 Å². The maximum absolute atomic E-state index is 11.9. The van der Waals surface area contributed by atoms with Gasteiger partial charge in [0.15, 0.2) is 0 Å². The van der Waals surface area contributed by atoms with Gasteiger partial charge >= 0.3 is 12.0 Å². The molecule has 0 atom stereocenters. The van der Waals surface area contributed by atoms with Gasteiger partial charge in [-0.2, -0.15) is 0 Å². The SMILES string of the molecule is CCC(CC)(CNC(=O)NC1CCC(C(N)=O)CC1)C(=O)O. The quantitative estimate of drug-likeness (QED) is 0.564. The minimum absolute atomic E-state index is 0.0121. The van der Waals surface area contributed by atoms with Crippen LogP contribution in [0.5, 0.6) is 0 Å². The van der Waals surface area contributed by atoms with Crippen molar-refractivity contribution in [1.29, 1.82) is 0 Å². The van der Waals surface area contributed by atoms with Crippen LogP contribution in [0.25, 0.3) is 0 Å². The van der Waals surface area contributed by atoms with Gasteiger partial charge in [-0.1, -0.05) is 13.8 Å². The Morgan fingerprint density at radius 1 is 1.14 bits per heavy atom. The first kappa shape index (κ1) is 18.3. The Hall–Kier alpha value is -1.79. The first-order chi connectivity index (χ1) is 10.3. The van der Waals surface area contributed by atoms with Crippen LogP contribution in [0.4, 0.5) is 4.79 Å². The highest BCUT2D eigenvalue weighted by atomic mass is 16.4. The van der Waals surface area contributed by atoms with Crippen LogP contribution in [0.15, 0.2) is 0 Å². The third-order valence-corrected chi connectivity index (χ3v) is 4.86. The van der Waals surface area contributed by atoms with E-state index in [1.165, 1.54) is 0 Å². The molecule has 0 aromatic rings. The molecule has 3 amide bonds. The summed E-state index contributed by atoms with van der Waals surface area (Å²) in [4.78, 5) is 34.4. The van der Waals surface area contributed by atoms with E-state index in [-0.39, 0.29) is 30.4 Å². The number of nitrogens with one attached hydrogen (secondary N) is 2. The third kappa shape index (κ3) is 4.61. The van der Waals surface area contributed by atoms with Crippen LogP contribution in [-0.2, 0) is 9.59 Å². The zero-order chi connectivity index (χ0) is 16.8. The number of carbonyl (C=O) groups excluding carboxylic acids is 2. The van der Waals surface area contributed by atoms with E-state index >= 15 is 0 Å². The first-order valence-electron chi connectivity index (χ1n) is 7.91. The highest BCUT2D eigenvalue weighted by Gasteiger charge is 2.35. The number of rotatable bonds is 7. The van der Waals surface area contributed by atoms with Gasteiger partial charge in [-0.25, -0.2) is 4.79 Å². The lowest BCUT2D eigenvalue weighted by Crippen LogP contribution is -2.49. The summed E-state index contributed by atoms with van der Waals surface area (Å²) in [5.74, 6) is -1.26. The molecular weight excluding hydrogens is 286 g/mol. The number of carboxylic acid groups (broad SMARTS) is 1. The van der Waals surface area contributed by atoms with Gasteiger partial charge in [-0.3, -0.25) is 9.59 Å². The van der Waals surface area contributed by atoms with Crippen molar-refractivity contribution in [2.24, 2.45) is 17.1 Å². The van der Waals surface area contributed by atoms with E-state index < -0.39 is 11.4 Å². The van der Waals surface area contributed by atoms with Crippen LogP contribution in [-0.4, -0.2) is 35.6 Å². The average molecular weight is 313 g/mol. The van der Waals surface area contributed by atoms with Gasteiger partial charge in [0.25, 0.3) is 0 Å². The molecule has 0 spiro atoms. The summed E-state index contributed by atoms with van der Waals surface area (Å²) in [6, 6.07) is -0.340. The number of carbonyl (C=O) groups is 3. The fourth-order valence-corrected chi connectivity index (χ4v) is 2.89. The molecule has 1 fully saturated rings. The molecule has 1 aliphatic carbocycles. The Labute approximate surface area is 131 Å². The van der Waals surface area contributed by atoms with Crippen LogP contribution < -0.4 is 16.4 Å². The van der Waals surface area contributed by atoms with Gasteiger partial charge in [-0.15, -0.1) is 0 Å². The fraction of sp³-hybridized carbons (Fsp3) is 0.800. The Bertz CT molecular complexity index is 413. The van der Waals surface area contributed by atoms with E-state index in [4.69, 9.17) is 5.73 Å². The van der Waals surface area contributed by atoms with E-state index in [1.807, 2.05) is 13.8 Å². The summed E-state index contributed by atoms with van der Waals surface area (Å²) in [6.07, 6.45) is 3.72. The molecule has 7 nitrogen and oxygen atoms in total. The van der Waals surface area contributed by atoms with Gasteiger partial charge < -0.3 is 21.5 Å². The zero-order valence-electron chi connectivity index (χ0n) is 13.4. The highest BCUT2D eigenvalue weighted by molar-refractivity contribution is 5.78. The minimum Gasteiger partial charge on any atom is -0.481 e. The van der Waals surface area contributed by atoms with Gasteiger partial charge in [-0.05, 0) is 38.5 Å². The summed E-state index contributed by atoms with van der Waals surface area (Å²) in [7, 11) is 0. The Kier molecular flexibility index (Phi) is 6.64. The van der Waals surface area contributed by atoms with Crippen molar-refractivity contribution in [2.45, 2.75) is 58.4 Å². The fourth-order valence-electron chi connectivity index (χ4n) is 2.89. The predicted octanol–water partition coefficient (Wildman–Crippen LogP) is 1.22. The zero-order valence-corrected chi connectivity index (χ0v) is 13.4. The van der Waals surface area contributed by atoms with E-state index in [0.717, 1.165) is 0 Å². The van der Waals surface area contributed by atoms with Crippen molar-refractivity contribution in [3.05, 3.63) is 0 Å². The van der Waals surface area contributed by atoms with E-state index in [2.05, 4.69) is 10.6 Å². The van der Waals surface area contributed by atoms with Gasteiger partial charge in [0.1, 0.15) is 0 Å². The average Bonchev–Trinajstić information content (AvgIpc) is 2.49. The summed E-state index contributed by atoms with van der Waals surface area (Å²) in [5.41, 5.74) is 4.36. The Morgan fingerprint density at radius 2 is 1.68 bits per heavy atom. The molecule has 5 N–H and O–H groups in total. The van der Waals surface area contributed by atoms with Gasteiger partial charge in [0.2, 0.25) is 5.91 Å². The molecule has 1 aliphatic rings. The van der Waals surface area contributed by atoms with Crippen LogP contribution in [0, 0.1) is 11.3 Å². The molecule has 1 rings (SSSR count). The lowest BCUT2D eigenvalue weighted by molar-refractivity contribution is -0.149. The highest BCUT2D eigenvalue weighted by Crippen LogP contribution is 2.26. The maximum Gasteiger partial charge on any atom is 0.315 e. The lowest BCUT2D eigenvalue weighted by atomic mass is 9.82. The molecule has 0 bridgehead atoms.